The van der Waals surface area contributed by atoms with E-state index in [1.54, 1.807) is 0 Å². The lowest BCUT2D eigenvalue weighted by molar-refractivity contribution is -0.137. The Bertz CT molecular complexity index is 948. The summed E-state index contributed by atoms with van der Waals surface area (Å²) in [4.78, 5) is 30.3. The van der Waals surface area contributed by atoms with Crippen LogP contribution in [-0.4, -0.2) is 40.7 Å². The molecule has 1 atom stereocenters. The summed E-state index contributed by atoms with van der Waals surface area (Å²) >= 11 is 1.07. The SMILES string of the molecule is CN1C(=O)C[C@H](C(=O)NCCc2ccccc2)SC1=Nc1cccc(C(F)(F)F)c1. The van der Waals surface area contributed by atoms with E-state index in [0.717, 1.165) is 29.5 Å². The maximum absolute atomic E-state index is 12.9. The maximum atomic E-state index is 12.9. The lowest BCUT2D eigenvalue weighted by atomic mass is 10.1. The Hall–Kier alpha value is -2.81. The predicted octanol–water partition coefficient (Wildman–Crippen LogP) is 4.02. The normalized spacial score (nSPS) is 18.5. The van der Waals surface area contributed by atoms with Crippen molar-refractivity contribution in [3.05, 3.63) is 65.7 Å². The van der Waals surface area contributed by atoms with E-state index < -0.39 is 17.0 Å². The minimum Gasteiger partial charge on any atom is -0.355 e. The zero-order chi connectivity index (χ0) is 21.7. The molecule has 1 fully saturated rings. The minimum atomic E-state index is -4.49. The summed E-state index contributed by atoms with van der Waals surface area (Å²) in [5, 5.41) is 2.32. The number of amides is 2. The van der Waals surface area contributed by atoms with Crippen molar-refractivity contribution in [2.24, 2.45) is 4.99 Å². The molecule has 0 aromatic heterocycles. The van der Waals surface area contributed by atoms with Crippen molar-refractivity contribution in [3.63, 3.8) is 0 Å². The molecule has 0 bridgehead atoms. The average Bonchev–Trinajstić information content (AvgIpc) is 2.71. The van der Waals surface area contributed by atoms with E-state index in [-0.39, 0.29) is 29.1 Å². The second kappa shape index (κ2) is 9.34. The van der Waals surface area contributed by atoms with Gasteiger partial charge in [-0.05, 0) is 30.2 Å². The van der Waals surface area contributed by atoms with Crippen molar-refractivity contribution in [2.45, 2.75) is 24.3 Å². The van der Waals surface area contributed by atoms with Crippen LogP contribution in [0.1, 0.15) is 17.5 Å². The third kappa shape index (κ3) is 5.63. The molecule has 2 aromatic carbocycles. The molecule has 2 amide bonds. The highest BCUT2D eigenvalue weighted by atomic mass is 32.2. The van der Waals surface area contributed by atoms with E-state index in [4.69, 9.17) is 0 Å². The summed E-state index contributed by atoms with van der Waals surface area (Å²) in [7, 11) is 1.49. The van der Waals surface area contributed by atoms with Crippen LogP contribution in [0.2, 0.25) is 0 Å². The number of nitrogens with one attached hydrogen (secondary N) is 1. The highest BCUT2D eigenvalue weighted by Gasteiger charge is 2.34. The number of amidine groups is 1. The third-order valence-electron chi connectivity index (χ3n) is 4.52. The number of nitrogens with zero attached hydrogens (tertiary/aromatic N) is 2. The Labute approximate surface area is 176 Å². The number of thioether (sulfide) groups is 1. The lowest BCUT2D eigenvalue weighted by Gasteiger charge is -2.28. The number of carbonyl (C=O) groups is 2. The van der Waals surface area contributed by atoms with Gasteiger partial charge in [0.2, 0.25) is 11.8 Å². The van der Waals surface area contributed by atoms with Gasteiger partial charge in [0.15, 0.2) is 5.17 Å². The molecule has 0 radical (unpaired) electrons. The standard InChI is InChI=1S/C21H20F3N3O2S/c1-27-18(28)13-17(19(29)25-11-10-14-6-3-2-4-7-14)30-20(27)26-16-9-5-8-15(12-16)21(22,23)24/h2-9,12,17H,10-11,13H2,1H3,(H,25,29)/t17-/m1/s1. The fourth-order valence-corrected chi connectivity index (χ4v) is 3.94. The van der Waals surface area contributed by atoms with Gasteiger partial charge < -0.3 is 5.32 Å². The van der Waals surface area contributed by atoms with Gasteiger partial charge in [-0.25, -0.2) is 4.99 Å². The van der Waals surface area contributed by atoms with Crippen LogP contribution in [-0.2, 0) is 22.2 Å². The van der Waals surface area contributed by atoms with Gasteiger partial charge in [0.25, 0.3) is 0 Å². The Morgan fingerprint density at radius 3 is 2.63 bits per heavy atom. The topological polar surface area (TPSA) is 61.8 Å². The molecular formula is C21H20F3N3O2S. The molecule has 5 nitrogen and oxygen atoms in total. The van der Waals surface area contributed by atoms with Gasteiger partial charge in [0, 0.05) is 20.0 Å². The van der Waals surface area contributed by atoms with Crippen LogP contribution in [0.15, 0.2) is 59.6 Å². The predicted molar refractivity (Wildman–Crippen MR) is 110 cm³/mol. The number of hydrogen-bond acceptors (Lipinski definition) is 4. The third-order valence-corrected chi connectivity index (χ3v) is 5.76. The van der Waals surface area contributed by atoms with E-state index >= 15 is 0 Å². The van der Waals surface area contributed by atoms with Crippen molar-refractivity contribution < 1.29 is 22.8 Å². The Kier molecular flexibility index (Phi) is 6.81. The molecule has 2 aromatic rings. The number of benzene rings is 2. The first kappa shape index (κ1) is 21.9. The smallest absolute Gasteiger partial charge is 0.355 e. The first-order valence-corrected chi connectivity index (χ1v) is 10.1. The summed E-state index contributed by atoms with van der Waals surface area (Å²) in [6.45, 7) is 0.421. The van der Waals surface area contributed by atoms with Crippen molar-refractivity contribution in [3.8, 4) is 0 Å². The molecular weight excluding hydrogens is 415 g/mol. The van der Waals surface area contributed by atoms with E-state index in [1.165, 1.54) is 24.1 Å². The summed E-state index contributed by atoms with van der Waals surface area (Å²) in [5.74, 6) is -0.614. The Morgan fingerprint density at radius 1 is 1.20 bits per heavy atom. The molecule has 1 heterocycles. The number of carbonyl (C=O) groups excluding carboxylic acids is 2. The molecule has 9 heteroatoms. The Balaban J connectivity index is 1.68. The van der Waals surface area contributed by atoms with Gasteiger partial charge in [0.05, 0.1) is 16.5 Å². The second-order valence-corrected chi connectivity index (χ2v) is 7.90. The monoisotopic (exact) mass is 435 g/mol. The quantitative estimate of drug-likeness (QED) is 0.772. The van der Waals surface area contributed by atoms with Crippen LogP contribution in [0.5, 0.6) is 0 Å². The highest BCUT2D eigenvalue weighted by molar-refractivity contribution is 8.15. The van der Waals surface area contributed by atoms with E-state index in [9.17, 15) is 22.8 Å². The summed E-state index contributed by atoms with van der Waals surface area (Å²) in [6, 6.07) is 14.2. The molecule has 158 valence electrons. The molecule has 30 heavy (non-hydrogen) atoms. The van der Waals surface area contributed by atoms with Crippen LogP contribution >= 0.6 is 11.8 Å². The highest BCUT2D eigenvalue weighted by Crippen LogP contribution is 2.33. The first-order valence-electron chi connectivity index (χ1n) is 9.25. The van der Waals surface area contributed by atoms with E-state index in [0.29, 0.717) is 13.0 Å². The van der Waals surface area contributed by atoms with Gasteiger partial charge in [-0.3, -0.25) is 14.5 Å². The van der Waals surface area contributed by atoms with Gasteiger partial charge in [-0.1, -0.05) is 48.2 Å². The van der Waals surface area contributed by atoms with Gasteiger partial charge in [0.1, 0.15) is 0 Å². The number of halogens is 3. The maximum Gasteiger partial charge on any atom is 0.416 e. The molecule has 0 aliphatic carbocycles. The van der Waals surface area contributed by atoms with Crippen LogP contribution in [0.4, 0.5) is 18.9 Å². The number of aliphatic imine (C=N–C) groups is 1. The molecule has 0 spiro atoms. The molecule has 1 aliphatic heterocycles. The average molecular weight is 435 g/mol. The molecule has 1 N–H and O–H groups in total. The van der Waals surface area contributed by atoms with Crippen LogP contribution in [0.25, 0.3) is 0 Å². The van der Waals surface area contributed by atoms with Gasteiger partial charge in [-0.2, -0.15) is 13.2 Å². The lowest BCUT2D eigenvalue weighted by Crippen LogP contribution is -2.45. The van der Waals surface area contributed by atoms with Gasteiger partial charge >= 0.3 is 6.18 Å². The largest absolute Gasteiger partial charge is 0.416 e. The molecule has 3 rings (SSSR count). The molecule has 1 aliphatic rings. The van der Waals surface area contributed by atoms with Crippen LogP contribution in [0.3, 0.4) is 0 Å². The van der Waals surface area contributed by atoms with Crippen molar-refractivity contribution in [1.82, 2.24) is 10.2 Å². The van der Waals surface area contributed by atoms with Crippen LogP contribution in [0, 0.1) is 0 Å². The summed E-state index contributed by atoms with van der Waals surface area (Å²) in [5.41, 5.74) is 0.322. The fraction of sp³-hybridized carbons (Fsp3) is 0.286. The van der Waals surface area contributed by atoms with E-state index in [2.05, 4.69) is 10.3 Å². The molecule has 0 unspecified atom stereocenters. The van der Waals surface area contributed by atoms with Crippen molar-refractivity contribution in [1.29, 1.82) is 0 Å². The number of hydrogen-bond donors (Lipinski definition) is 1. The van der Waals surface area contributed by atoms with Crippen LogP contribution < -0.4 is 5.32 Å². The van der Waals surface area contributed by atoms with Crippen molar-refractivity contribution >= 4 is 34.4 Å². The van der Waals surface area contributed by atoms with Crippen molar-refractivity contribution in [2.75, 3.05) is 13.6 Å². The number of alkyl halides is 3. The Morgan fingerprint density at radius 2 is 1.93 bits per heavy atom. The first-order chi connectivity index (χ1) is 14.2. The van der Waals surface area contributed by atoms with E-state index in [1.807, 2.05) is 30.3 Å². The van der Waals surface area contributed by atoms with Gasteiger partial charge in [-0.15, -0.1) is 0 Å². The number of rotatable bonds is 5. The minimum absolute atomic E-state index is 0.0000518. The summed E-state index contributed by atoms with van der Waals surface area (Å²) < 4.78 is 38.8. The zero-order valence-electron chi connectivity index (χ0n) is 16.1. The summed E-state index contributed by atoms with van der Waals surface area (Å²) in [6.07, 6.45) is -3.83. The molecule has 1 saturated heterocycles. The second-order valence-electron chi connectivity index (χ2n) is 6.73. The molecule has 0 saturated carbocycles. The fourth-order valence-electron chi connectivity index (χ4n) is 2.85. The zero-order valence-corrected chi connectivity index (χ0v) is 17.0.